The molecule has 4 nitrogen and oxygen atoms in total. The Kier molecular flexibility index (Phi) is 3.28. The van der Waals surface area contributed by atoms with E-state index in [1.807, 2.05) is 6.07 Å². The van der Waals surface area contributed by atoms with Crippen LogP contribution in [0.25, 0.3) is 0 Å². The van der Waals surface area contributed by atoms with Crippen LogP contribution >= 0.6 is 15.9 Å². The van der Waals surface area contributed by atoms with Gasteiger partial charge in [-0.3, -0.25) is 0 Å². The summed E-state index contributed by atoms with van der Waals surface area (Å²) in [6.07, 6.45) is 3.79. The molecule has 2 aliphatic rings. The third-order valence-corrected chi connectivity index (χ3v) is 4.24. The summed E-state index contributed by atoms with van der Waals surface area (Å²) in [5, 5.41) is 0. The van der Waals surface area contributed by atoms with Crippen LogP contribution in [0.2, 0.25) is 0 Å². The molecule has 18 heavy (non-hydrogen) atoms. The van der Waals surface area contributed by atoms with Crippen LogP contribution < -0.4 is 4.90 Å². The third kappa shape index (κ3) is 2.38. The summed E-state index contributed by atoms with van der Waals surface area (Å²) in [5.41, 5.74) is 0. The second-order valence-corrected chi connectivity index (χ2v) is 6.04. The Morgan fingerprint density at radius 3 is 2.72 bits per heavy atom. The Morgan fingerprint density at radius 1 is 1.33 bits per heavy atom. The molecule has 1 aromatic rings. The molecule has 2 fully saturated rings. The summed E-state index contributed by atoms with van der Waals surface area (Å²) in [6.45, 7) is 2.98. The predicted molar refractivity (Wildman–Crippen MR) is 73.9 cm³/mol. The van der Waals surface area contributed by atoms with Gasteiger partial charge in [0.25, 0.3) is 0 Å². The molecule has 1 aromatic heterocycles. The highest BCUT2D eigenvalue weighted by molar-refractivity contribution is 9.10. The molecular weight excluding hydrogens is 294 g/mol. The average molecular weight is 312 g/mol. The molecule has 0 aromatic carbocycles. The summed E-state index contributed by atoms with van der Waals surface area (Å²) in [4.78, 5) is 11.4. The third-order valence-electron chi connectivity index (χ3n) is 3.84. The summed E-state index contributed by atoms with van der Waals surface area (Å²) < 4.78 is 6.51. The maximum atomic E-state index is 5.63. The first-order valence-corrected chi connectivity index (χ1v) is 7.33. The van der Waals surface area contributed by atoms with E-state index < -0.39 is 0 Å². The molecule has 2 atom stereocenters. The van der Waals surface area contributed by atoms with Gasteiger partial charge in [-0.1, -0.05) is 0 Å². The molecular formula is C13H18BrN3O. The largest absolute Gasteiger partial charge is 0.376 e. The topological polar surface area (TPSA) is 38.2 Å². The van der Waals surface area contributed by atoms with Gasteiger partial charge in [0.05, 0.1) is 12.1 Å². The summed E-state index contributed by atoms with van der Waals surface area (Å²) in [7, 11) is 2.10. The summed E-state index contributed by atoms with van der Waals surface area (Å²) in [5.74, 6) is 2.56. The zero-order valence-corrected chi connectivity index (χ0v) is 12.4. The highest BCUT2D eigenvalue weighted by Crippen LogP contribution is 2.39. The summed E-state index contributed by atoms with van der Waals surface area (Å²) >= 11 is 3.49. The van der Waals surface area contributed by atoms with Crippen LogP contribution in [0.3, 0.4) is 0 Å². The monoisotopic (exact) mass is 311 g/mol. The van der Waals surface area contributed by atoms with Crippen LogP contribution in [0.15, 0.2) is 10.7 Å². The zero-order chi connectivity index (χ0) is 12.7. The lowest BCUT2D eigenvalue weighted by Crippen LogP contribution is -2.37. The van der Waals surface area contributed by atoms with Crippen LogP contribution in [0.5, 0.6) is 0 Å². The SMILES string of the molecule is CC1OCCC1N(C)c1cc(Br)nc(C2CC2)n1. The normalized spacial score (nSPS) is 27.5. The molecule has 0 bridgehead atoms. The Hall–Kier alpha value is -0.680. The maximum absolute atomic E-state index is 5.63. The Bertz CT molecular complexity index is 450. The van der Waals surface area contributed by atoms with Crippen molar-refractivity contribution in [3.05, 3.63) is 16.5 Å². The number of hydrogen-bond acceptors (Lipinski definition) is 4. The van der Waals surface area contributed by atoms with Crippen molar-refractivity contribution in [2.24, 2.45) is 0 Å². The van der Waals surface area contributed by atoms with E-state index in [2.05, 4.69) is 39.8 Å². The maximum Gasteiger partial charge on any atom is 0.135 e. The van der Waals surface area contributed by atoms with E-state index in [9.17, 15) is 0 Å². The fourth-order valence-electron chi connectivity index (χ4n) is 2.53. The molecule has 2 unspecified atom stereocenters. The molecule has 5 heteroatoms. The number of anilines is 1. The van der Waals surface area contributed by atoms with Gasteiger partial charge in [-0.15, -0.1) is 0 Å². The second-order valence-electron chi connectivity index (χ2n) is 5.22. The van der Waals surface area contributed by atoms with Crippen molar-refractivity contribution < 1.29 is 4.74 Å². The minimum atomic E-state index is 0.271. The lowest BCUT2D eigenvalue weighted by molar-refractivity contribution is 0.118. The number of halogens is 1. The summed E-state index contributed by atoms with van der Waals surface area (Å²) in [6, 6.07) is 2.41. The first-order valence-electron chi connectivity index (χ1n) is 6.54. The lowest BCUT2D eigenvalue weighted by atomic mass is 10.1. The van der Waals surface area contributed by atoms with E-state index in [4.69, 9.17) is 9.72 Å². The van der Waals surface area contributed by atoms with Gasteiger partial charge in [0.15, 0.2) is 0 Å². The fourth-order valence-corrected chi connectivity index (χ4v) is 2.91. The van der Waals surface area contributed by atoms with Crippen LogP contribution in [-0.2, 0) is 4.74 Å². The number of aromatic nitrogens is 2. The van der Waals surface area contributed by atoms with E-state index >= 15 is 0 Å². The van der Waals surface area contributed by atoms with Crippen molar-refractivity contribution >= 4 is 21.7 Å². The van der Waals surface area contributed by atoms with E-state index in [-0.39, 0.29) is 6.10 Å². The first kappa shape index (κ1) is 12.4. The van der Waals surface area contributed by atoms with Crippen LogP contribution in [0, 0.1) is 0 Å². The molecule has 0 radical (unpaired) electrons. The highest BCUT2D eigenvalue weighted by atomic mass is 79.9. The van der Waals surface area contributed by atoms with Crippen molar-refractivity contribution in [1.82, 2.24) is 9.97 Å². The Morgan fingerprint density at radius 2 is 2.11 bits per heavy atom. The Balaban J connectivity index is 1.86. The van der Waals surface area contributed by atoms with Crippen molar-refractivity contribution in [3.8, 4) is 0 Å². The van der Waals surface area contributed by atoms with Gasteiger partial charge in [-0.25, -0.2) is 9.97 Å². The van der Waals surface area contributed by atoms with Crippen molar-refractivity contribution in [3.63, 3.8) is 0 Å². The number of rotatable bonds is 3. The smallest absolute Gasteiger partial charge is 0.135 e. The Labute approximate surface area is 116 Å². The highest BCUT2D eigenvalue weighted by Gasteiger charge is 2.31. The van der Waals surface area contributed by atoms with Gasteiger partial charge >= 0.3 is 0 Å². The van der Waals surface area contributed by atoms with Gasteiger partial charge in [-0.05, 0) is 42.1 Å². The molecule has 1 saturated heterocycles. The molecule has 1 saturated carbocycles. The number of ether oxygens (including phenoxy) is 1. The fraction of sp³-hybridized carbons (Fsp3) is 0.692. The molecule has 0 N–H and O–H groups in total. The van der Waals surface area contributed by atoms with Crippen molar-refractivity contribution in [2.75, 3.05) is 18.6 Å². The van der Waals surface area contributed by atoms with E-state index in [0.717, 1.165) is 29.3 Å². The quantitative estimate of drug-likeness (QED) is 0.805. The average Bonchev–Trinajstić information content (AvgIpc) is 3.11. The van der Waals surface area contributed by atoms with E-state index in [1.54, 1.807) is 0 Å². The molecule has 0 spiro atoms. The van der Waals surface area contributed by atoms with Crippen LogP contribution in [0.1, 0.15) is 37.9 Å². The number of nitrogens with zero attached hydrogens (tertiary/aromatic N) is 3. The molecule has 1 aliphatic heterocycles. The first-order chi connectivity index (χ1) is 8.65. The zero-order valence-electron chi connectivity index (χ0n) is 10.8. The van der Waals surface area contributed by atoms with Crippen molar-refractivity contribution in [1.29, 1.82) is 0 Å². The van der Waals surface area contributed by atoms with Gasteiger partial charge in [0.2, 0.25) is 0 Å². The van der Waals surface area contributed by atoms with Crippen LogP contribution in [-0.4, -0.2) is 35.8 Å². The minimum absolute atomic E-state index is 0.271. The molecule has 98 valence electrons. The standard InChI is InChI=1S/C13H18BrN3O/c1-8-10(5-6-18-8)17(2)12-7-11(14)15-13(16-12)9-3-4-9/h7-10H,3-6H2,1-2H3. The lowest BCUT2D eigenvalue weighted by Gasteiger charge is -2.28. The van der Waals surface area contributed by atoms with Gasteiger partial charge < -0.3 is 9.64 Å². The molecule has 2 heterocycles. The molecule has 1 aliphatic carbocycles. The second kappa shape index (κ2) is 4.78. The predicted octanol–water partition coefficient (Wildman–Crippen LogP) is 2.73. The van der Waals surface area contributed by atoms with Crippen molar-refractivity contribution in [2.45, 2.75) is 44.2 Å². The number of likely N-dealkylation sites (N-methyl/N-ethyl adjacent to an activating group) is 1. The van der Waals surface area contributed by atoms with Gasteiger partial charge in [0, 0.05) is 25.6 Å². The van der Waals surface area contributed by atoms with Gasteiger partial charge in [0.1, 0.15) is 16.2 Å². The van der Waals surface area contributed by atoms with E-state index in [0.29, 0.717) is 12.0 Å². The van der Waals surface area contributed by atoms with E-state index in [1.165, 1.54) is 12.8 Å². The molecule has 3 rings (SSSR count). The molecule has 0 amide bonds. The van der Waals surface area contributed by atoms with Crippen LogP contribution in [0.4, 0.5) is 5.82 Å². The van der Waals surface area contributed by atoms with Gasteiger partial charge in [-0.2, -0.15) is 0 Å². The number of hydrogen-bond donors (Lipinski definition) is 0. The minimum Gasteiger partial charge on any atom is -0.376 e.